The number of halogens is 1. The van der Waals surface area contributed by atoms with Crippen LogP contribution in [0.1, 0.15) is 5.69 Å². The number of urea groups is 1. The summed E-state index contributed by atoms with van der Waals surface area (Å²) in [6.07, 6.45) is 2.48. The number of hydrogen-bond donors (Lipinski definition) is 1. The summed E-state index contributed by atoms with van der Waals surface area (Å²) in [6, 6.07) is 12.2. The van der Waals surface area contributed by atoms with Gasteiger partial charge in [0.1, 0.15) is 5.82 Å². The Morgan fingerprint density at radius 3 is 2.50 bits per heavy atom. The normalized spacial score (nSPS) is 14.5. The van der Waals surface area contributed by atoms with E-state index in [1.807, 2.05) is 23.1 Å². The van der Waals surface area contributed by atoms with Crippen LogP contribution in [-0.2, 0) is 6.42 Å². The molecule has 0 saturated carbocycles. The van der Waals surface area contributed by atoms with Crippen molar-refractivity contribution in [3.05, 3.63) is 60.2 Å². The molecule has 2 aromatic rings. The summed E-state index contributed by atoms with van der Waals surface area (Å²) in [6.45, 7) is 3.40. The monoisotopic (exact) mass is 328 g/mol. The Bertz CT molecular complexity index is 654. The van der Waals surface area contributed by atoms with Crippen molar-refractivity contribution >= 4 is 11.7 Å². The van der Waals surface area contributed by atoms with Crippen LogP contribution >= 0.6 is 0 Å². The number of anilines is 1. The molecule has 1 saturated heterocycles. The lowest BCUT2D eigenvalue weighted by molar-refractivity contribution is 0.194. The van der Waals surface area contributed by atoms with Crippen LogP contribution in [0.3, 0.4) is 0 Å². The number of carbonyl (C=O) groups is 1. The molecule has 0 bridgehead atoms. The largest absolute Gasteiger partial charge is 0.368 e. The molecular formula is C18H21FN4O. The number of rotatable bonds is 4. The molecule has 0 spiro atoms. The third-order valence-corrected chi connectivity index (χ3v) is 4.14. The predicted molar refractivity (Wildman–Crippen MR) is 91.5 cm³/mol. The number of pyridine rings is 1. The first-order valence-corrected chi connectivity index (χ1v) is 8.15. The second kappa shape index (κ2) is 7.77. The number of piperazine rings is 1. The topological polar surface area (TPSA) is 48.5 Å². The number of amides is 2. The Morgan fingerprint density at radius 1 is 1.08 bits per heavy atom. The fourth-order valence-electron chi connectivity index (χ4n) is 2.77. The molecule has 1 aromatic heterocycles. The highest BCUT2D eigenvalue weighted by molar-refractivity contribution is 5.74. The smallest absolute Gasteiger partial charge is 0.317 e. The molecule has 1 aromatic carbocycles. The number of nitrogens with zero attached hydrogens (tertiary/aromatic N) is 3. The van der Waals surface area contributed by atoms with Crippen LogP contribution in [0.2, 0.25) is 0 Å². The fraction of sp³-hybridized carbons (Fsp3) is 0.333. The first kappa shape index (κ1) is 16.2. The summed E-state index contributed by atoms with van der Waals surface area (Å²) in [4.78, 5) is 20.4. The van der Waals surface area contributed by atoms with Crippen molar-refractivity contribution in [1.82, 2.24) is 15.2 Å². The quantitative estimate of drug-likeness (QED) is 0.937. The van der Waals surface area contributed by atoms with Crippen molar-refractivity contribution in [2.24, 2.45) is 0 Å². The van der Waals surface area contributed by atoms with Crippen molar-refractivity contribution < 1.29 is 9.18 Å². The Morgan fingerprint density at radius 2 is 1.83 bits per heavy atom. The van der Waals surface area contributed by atoms with E-state index in [2.05, 4.69) is 15.2 Å². The minimum absolute atomic E-state index is 0.0373. The first-order valence-electron chi connectivity index (χ1n) is 8.15. The Kier molecular flexibility index (Phi) is 5.25. The van der Waals surface area contributed by atoms with Crippen LogP contribution in [0.4, 0.5) is 14.9 Å². The molecule has 1 N–H and O–H groups in total. The minimum atomic E-state index is -0.232. The molecule has 3 rings (SSSR count). The summed E-state index contributed by atoms with van der Waals surface area (Å²) in [5.41, 5.74) is 1.96. The van der Waals surface area contributed by atoms with Gasteiger partial charge in [-0.25, -0.2) is 9.18 Å². The molecule has 1 aliphatic rings. The number of hydrogen-bond acceptors (Lipinski definition) is 3. The van der Waals surface area contributed by atoms with Gasteiger partial charge in [-0.05, 0) is 36.4 Å². The average molecular weight is 328 g/mol. The highest BCUT2D eigenvalue weighted by Gasteiger charge is 2.20. The molecule has 5 nitrogen and oxygen atoms in total. The average Bonchev–Trinajstić information content (AvgIpc) is 2.63. The van der Waals surface area contributed by atoms with E-state index in [1.165, 1.54) is 12.1 Å². The van der Waals surface area contributed by atoms with E-state index in [1.54, 1.807) is 18.3 Å². The van der Waals surface area contributed by atoms with Gasteiger partial charge in [-0.3, -0.25) is 4.98 Å². The van der Waals surface area contributed by atoms with Crippen LogP contribution in [0.15, 0.2) is 48.7 Å². The van der Waals surface area contributed by atoms with Crippen LogP contribution < -0.4 is 10.2 Å². The number of nitrogens with one attached hydrogen (secondary N) is 1. The molecule has 1 fully saturated rings. The molecule has 0 atom stereocenters. The molecule has 0 aliphatic carbocycles. The second-order valence-corrected chi connectivity index (χ2v) is 5.75. The van der Waals surface area contributed by atoms with E-state index in [4.69, 9.17) is 0 Å². The van der Waals surface area contributed by atoms with E-state index in [0.29, 0.717) is 19.6 Å². The molecule has 2 amide bonds. The maximum atomic E-state index is 13.0. The summed E-state index contributed by atoms with van der Waals surface area (Å²) < 4.78 is 13.0. The standard InChI is InChI=1S/C18H21FN4O/c19-15-4-6-17(7-5-15)22-11-13-23(14-12-22)18(24)21-10-8-16-3-1-2-9-20-16/h1-7,9H,8,10-14H2,(H,21,24). The summed E-state index contributed by atoms with van der Waals surface area (Å²) in [5.74, 6) is -0.232. The number of carbonyl (C=O) groups excluding carboxylic acids is 1. The summed E-state index contributed by atoms with van der Waals surface area (Å²) in [7, 11) is 0. The molecule has 24 heavy (non-hydrogen) atoms. The van der Waals surface area contributed by atoms with E-state index in [-0.39, 0.29) is 11.8 Å². The third kappa shape index (κ3) is 4.22. The maximum Gasteiger partial charge on any atom is 0.317 e. The molecule has 6 heteroatoms. The molecule has 0 radical (unpaired) electrons. The Labute approximate surface area is 141 Å². The molecule has 2 heterocycles. The van der Waals surface area contributed by atoms with E-state index < -0.39 is 0 Å². The van der Waals surface area contributed by atoms with Gasteiger partial charge < -0.3 is 15.1 Å². The lowest BCUT2D eigenvalue weighted by atomic mass is 10.2. The zero-order valence-corrected chi connectivity index (χ0v) is 13.5. The number of benzene rings is 1. The molecule has 126 valence electrons. The summed E-state index contributed by atoms with van der Waals surface area (Å²) in [5, 5.41) is 2.94. The maximum absolute atomic E-state index is 13.0. The van der Waals surface area contributed by atoms with Gasteiger partial charge in [0.2, 0.25) is 0 Å². The van der Waals surface area contributed by atoms with E-state index >= 15 is 0 Å². The lowest BCUT2D eigenvalue weighted by Gasteiger charge is -2.36. The van der Waals surface area contributed by atoms with Gasteiger partial charge in [0.15, 0.2) is 0 Å². The Hall–Kier alpha value is -2.63. The minimum Gasteiger partial charge on any atom is -0.368 e. The van der Waals surface area contributed by atoms with Crippen molar-refractivity contribution in [3.8, 4) is 0 Å². The second-order valence-electron chi connectivity index (χ2n) is 5.75. The first-order chi connectivity index (χ1) is 11.7. The van der Waals surface area contributed by atoms with Crippen molar-refractivity contribution in [1.29, 1.82) is 0 Å². The van der Waals surface area contributed by atoms with Gasteiger partial charge in [-0.2, -0.15) is 0 Å². The fourth-order valence-corrected chi connectivity index (χ4v) is 2.77. The SMILES string of the molecule is O=C(NCCc1ccccn1)N1CCN(c2ccc(F)cc2)CC1. The van der Waals surface area contributed by atoms with Crippen molar-refractivity contribution in [3.63, 3.8) is 0 Å². The van der Waals surface area contributed by atoms with Crippen molar-refractivity contribution in [2.75, 3.05) is 37.6 Å². The zero-order valence-electron chi connectivity index (χ0n) is 13.5. The van der Waals surface area contributed by atoms with Gasteiger partial charge >= 0.3 is 6.03 Å². The van der Waals surface area contributed by atoms with Gasteiger partial charge in [-0.1, -0.05) is 6.07 Å². The number of aromatic nitrogens is 1. The van der Waals surface area contributed by atoms with Gasteiger partial charge in [-0.15, -0.1) is 0 Å². The van der Waals surface area contributed by atoms with Gasteiger partial charge in [0, 0.05) is 56.7 Å². The highest BCUT2D eigenvalue weighted by atomic mass is 19.1. The van der Waals surface area contributed by atoms with Crippen LogP contribution in [0.5, 0.6) is 0 Å². The van der Waals surface area contributed by atoms with Crippen LogP contribution in [0, 0.1) is 5.82 Å². The Balaban J connectivity index is 1.42. The van der Waals surface area contributed by atoms with Gasteiger partial charge in [0.25, 0.3) is 0 Å². The molecule has 0 unspecified atom stereocenters. The van der Waals surface area contributed by atoms with E-state index in [9.17, 15) is 9.18 Å². The lowest BCUT2D eigenvalue weighted by Crippen LogP contribution is -2.52. The highest BCUT2D eigenvalue weighted by Crippen LogP contribution is 2.16. The molecule has 1 aliphatic heterocycles. The third-order valence-electron chi connectivity index (χ3n) is 4.14. The van der Waals surface area contributed by atoms with Crippen LogP contribution in [0.25, 0.3) is 0 Å². The van der Waals surface area contributed by atoms with E-state index in [0.717, 1.165) is 30.9 Å². The predicted octanol–water partition coefficient (Wildman–Crippen LogP) is 2.30. The molecular weight excluding hydrogens is 307 g/mol. The van der Waals surface area contributed by atoms with Crippen LogP contribution in [-0.4, -0.2) is 48.6 Å². The van der Waals surface area contributed by atoms with Crippen molar-refractivity contribution in [2.45, 2.75) is 6.42 Å². The summed E-state index contributed by atoms with van der Waals surface area (Å²) >= 11 is 0. The zero-order chi connectivity index (χ0) is 16.8. The van der Waals surface area contributed by atoms with Gasteiger partial charge in [0.05, 0.1) is 0 Å².